The number of nitrogens with zero attached hydrogens (tertiary/aromatic N) is 1. The first-order valence-electron chi connectivity index (χ1n) is 6.64. The summed E-state index contributed by atoms with van der Waals surface area (Å²) in [5.41, 5.74) is -1.12. The van der Waals surface area contributed by atoms with Crippen LogP contribution in [-0.2, 0) is 9.59 Å². The Kier molecular flexibility index (Phi) is 5.69. The molecule has 0 atom stereocenters. The largest absolute Gasteiger partial charge is 0.481 e. The quantitative estimate of drug-likeness (QED) is 0.838. The molecule has 0 spiro atoms. The van der Waals surface area contributed by atoms with Gasteiger partial charge in [0.15, 0.2) is 5.60 Å². The van der Waals surface area contributed by atoms with Crippen LogP contribution in [0, 0.1) is 5.82 Å². The first-order chi connectivity index (χ1) is 9.72. The first-order valence-corrected chi connectivity index (χ1v) is 6.64. The number of rotatable bonds is 7. The Morgan fingerprint density at radius 3 is 2.38 bits per heavy atom. The Morgan fingerprint density at radius 2 is 1.86 bits per heavy atom. The lowest BCUT2D eigenvalue weighted by Crippen LogP contribution is -2.47. The Morgan fingerprint density at radius 1 is 1.29 bits per heavy atom. The summed E-state index contributed by atoms with van der Waals surface area (Å²) in [4.78, 5) is 24.2. The monoisotopic (exact) mass is 297 g/mol. The van der Waals surface area contributed by atoms with Crippen molar-refractivity contribution < 1.29 is 23.8 Å². The molecule has 1 rings (SSSR count). The Hall–Kier alpha value is -2.11. The van der Waals surface area contributed by atoms with E-state index in [0.29, 0.717) is 18.7 Å². The number of carboxylic acid groups (broad SMARTS) is 1. The summed E-state index contributed by atoms with van der Waals surface area (Å²) in [5.74, 6) is -1.14. The van der Waals surface area contributed by atoms with Crippen LogP contribution in [-0.4, -0.2) is 41.1 Å². The van der Waals surface area contributed by atoms with Crippen LogP contribution in [0.15, 0.2) is 24.3 Å². The average molecular weight is 297 g/mol. The maximum Gasteiger partial charge on any atom is 0.303 e. The molecule has 21 heavy (non-hydrogen) atoms. The minimum atomic E-state index is -1.12. The lowest BCUT2D eigenvalue weighted by Gasteiger charge is -2.30. The van der Waals surface area contributed by atoms with E-state index in [-0.39, 0.29) is 18.1 Å². The Labute approximate surface area is 123 Å². The summed E-state index contributed by atoms with van der Waals surface area (Å²) < 4.78 is 18.4. The summed E-state index contributed by atoms with van der Waals surface area (Å²) in [6.07, 6.45) is 0.390. The number of aliphatic carboxylic acids is 1. The number of halogens is 1. The van der Waals surface area contributed by atoms with E-state index in [1.807, 2.05) is 0 Å². The standard InChI is InChI=1S/C15H20FNO4/c1-15(2,21-12-8-6-11(16)7-9-12)14(20)17(3)10-4-5-13(18)19/h6-9H,4-5,10H2,1-3H3,(H,18,19). The molecule has 0 unspecified atom stereocenters. The SMILES string of the molecule is CN(CCCC(=O)O)C(=O)C(C)(C)Oc1ccc(F)cc1. The van der Waals surface area contributed by atoms with Crippen molar-refractivity contribution in [3.63, 3.8) is 0 Å². The van der Waals surface area contributed by atoms with Crippen molar-refractivity contribution in [2.24, 2.45) is 0 Å². The molecular weight excluding hydrogens is 277 g/mol. The van der Waals surface area contributed by atoms with Crippen LogP contribution in [0.4, 0.5) is 4.39 Å². The molecule has 0 bridgehead atoms. The second-order valence-corrected chi connectivity index (χ2v) is 5.29. The predicted octanol–water partition coefficient (Wildman–Crippen LogP) is 2.31. The van der Waals surface area contributed by atoms with Gasteiger partial charge in [-0.1, -0.05) is 0 Å². The van der Waals surface area contributed by atoms with Crippen LogP contribution in [0.3, 0.4) is 0 Å². The highest BCUT2D eigenvalue weighted by Gasteiger charge is 2.32. The third-order valence-electron chi connectivity index (χ3n) is 2.93. The zero-order valence-electron chi connectivity index (χ0n) is 12.4. The fraction of sp³-hybridized carbons (Fsp3) is 0.467. The molecule has 0 aliphatic carbocycles. The van der Waals surface area contributed by atoms with Gasteiger partial charge in [0.05, 0.1) is 0 Å². The molecule has 0 radical (unpaired) electrons. The van der Waals surface area contributed by atoms with Gasteiger partial charge in [-0.15, -0.1) is 0 Å². The normalized spacial score (nSPS) is 11.0. The first kappa shape index (κ1) is 16.9. The maximum absolute atomic E-state index is 12.8. The van der Waals surface area contributed by atoms with Crippen molar-refractivity contribution in [3.05, 3.63) is 30.1 Å². The predicted molar refractivity (Wildman–Crippen MR) is 75.6 cm³/mol. The van der Waals surface area contributed by atoms with Gasteiger partial charge in [0.1, 0.15) is 11.6 Å². The van der Waals surface area contributed by atoms with Gasteiger partial charge >= 0.3 is 5.97 Å². The molecule has 0 fully saturated rings. The van der Waals surface area contributed by atoms with E-state index in [1.54, 1.807) is 20.9 Å². The van der Waals surface area contributed by atoms with Gasteiger partial charge in [-0.25, -0.2) is 4.39 Å². The van der Waals surface area contributed by atoms with Crippen molar-refractivity contribution in [1.29, 1.82) is 0 Å². The molecule has 0 saturated heterocycles. The van der Waals surface area contributed by atoms with E-state index >= 15 is 0 Å². The number of hydrogen-bond donors (Lipinski definition) is 1. The van der Waals surface area contributed by atoms with Crippen molar-refractivity contribution in [1.82, 2.24) is 4.90 Å². The average Bonchev–Trinajstić information content (AvgIpc) is 2.39. The van der Waals surface area contributed by atoms with Gasteiger partial charge in [0.2, 0.25) is 0 Å². The lowest BCUT2D eigenvalue weighted by atomic mass is 10.1. The van der Waals surface area contributed by atoms with E-state index < -0.39 is 11.6 Å². The second kappa shape index (κ2) is 7.06. The number of carbonyl (C=O) groups is 2. The maximum atomic E-state index is 12.8. The molecule has 116 valence electrons. The van der Waals surface area contributed by atoms with Gasteiger partial charge in [-0.3, -0.25) is 9.59 Å². The minimum absolute atomic E-state index is 0.0108. The van der Waals surface area contributed by atoms with Crippen LogP contribution >= 0.6 is 0 Å². The number of ether oxygens (including phenoxy) is 1. The molecule has 5 nitrogen and oxygen atoms in total. The zero-order valence-corrected chi connectivity index (χ0v) is 12.4. The Balaban J connectivity index is 2.61. The summed E-state index contributed by atoms with van der Waals surface area (Å²) in [5, 5.41) is 8.58. The van der Waals surface area contributed by atoms with Crippen LogP contribution in [0.5, 0.6) is 5.75 Å². The zero-order chi connectivity index (χ0) is 16.0. The lowest BCUT2D eigenvalue weighted by molar-refractivity contribution is -0.145. The van der Waals surface area contributed by atoms with E-state index in [4.69, 9.17) is 9.84 Å². The molecular formula is C15H20FNO4. The van der Waals surface area contributed by atoms with Crippen LogP contribution in [0.25, 0.3) is 0 Å². The number of amides is 1. The minimum Gasteiger partial charge on any atom is -0.481 e. The molecule has 0 saturated carbocycles. The van der Waals surface area contributed by atoms with E-state index in [9.17, 15) is 14.0 Å². The summed E-state index contributed by atoms with van der Waals surface area (Å²) in [6, 6.07) is 5.42. The van der Waals surface area contributed by atoms with E-state index in [1.165, 1.54) is 29.2 Å². The highest BCUT2D eigenvalue weighted by molar-refractivity contribution is 5.84. The van der Waals surface area contributed by atoms with Crippen LogP contribution in [0.1, 0.15) is 26.7 Å². The molecule has 1 aromatic rings. The van der Waals surface area contributed by atoms with Crippen molar-refractivity contribution >= 4 is 11.9 Å². The van der Waals surface area contributed by atoms with Gasteiger partial charge in [-0.05, 0) is 44.5 Å². The third-order valence-corrected chi connectivity index (χ3v) is 2.93. The van der Waals surface area contributed by atoms with Gasteiger partial charge in [0, 0.05) is 20.0 Å². The molecule has 6 heteroatoms. The van der Waals surface area contributed by atoms with Crippen molar-refractivity contribution in [2.75, 3.05) is 13.6 Å². The Bertz CT molecular complexity index is 499. The fourth-order valence-corrected chi connectivity index (χ4v) is 1.87. The summed E-state index contributed by atoms with van der Waals surface area (Å²) >= 11 is 0. The number of hydrogen-bond acceptors (Lipinski definition) is 3. The van der Waals surface area contributed by atoms with Crippen LogP contribution in [0.2, 0.25) is 0 Å². The number of likely N-dealkylation sites (N-methyl/N-ethyl adjacent to an activating group) is 1. The van der Waals surface area contributed by atoms with Crippen LogP contribution < -0.4 is 4.74 Å². The number of carbonyl (C=O) groups excluding carboxylic acids is 1. The highest BCUT2D eigenvalue weighted by Crippen LogP contribution is 2.20. The highest BCUT2D eigenvalue weighted by atomic mass is 19.1. The second-order valence-electron chi connectivity index (χ2n) is 5.29. The van der Waals surface area contributed by atoms with Crippen molar-refractivity contribution in [2.45, 2.75) is 32.3 Å². The molecule has 0 aromatic heterocycles. The number of carboxylic acids is 1. The molecule has 1 aromatic carbocycles. The van der Waals surface area contributed by atoms with E-state index in [2.05, 4.69) is 0 Å². The smallest absolute Gasteiger partial charge is 0.303 e. The molecule has 0 aliphatic rings. The fourth-order valence-electron chi connectivity index (χ4n) is 1.87. The molecule has 1 amide bonds. The van der Waals surface area contributed by atoms with Gasteiger partial charge < -0.3 is 14.7 Å². The number of benzene rings is 1. The summed E-state index contributed by atoms with van der Waals surface area (Å²) in [6.45, 7) is 3.57. The summed E-state index contributed by atoms with van der Waals surface area (Å²) in [7, 11) is 1.60. The van der Waals surface area contributed by atoms with Gasteiger partial charge in [0.25, 0.3) is 5.91 Å². The molecule has 1 N–H and O–H groups in total. The molecule has 0 heterocycles. The molecule has 0 aliphatic heterocycles. The third kappa shape index (κ3) is 5.41. The van der Waals surface area contributed by atoms with Crippen molar-refractivity contribution in [3.8, 4) is 5.75 Å². The van der Waals surface area contributed by atoms with E-state index in [0.717, 1.165) is 0 Å². The van der Waals surface area contributed by atoms with Gasteiger partial charge in [-0.2, -0.15) is 0 Å². The topological polar surface area (TPSA) is 66.8 Å².